The number of hydrogen-bond donors (Lipinski definition) is 2. The van der Waals surface area contributed by atoms with Crippen molar-refractivity contribution in [2.24, 2.45) is 0 Å². The Bertz CT molecular complexity index is 988. The Hall–Kier alpha value is -3.39. The summed E-state index contributed by atoms with van der Waals surface area (Å²) in [4.78, 5) is 25.2. The third-order valence-corrected chi connectivity index (χ3v) is 4.88. The fraction of sp³-hybridized carbons (Fsp3) is 0.143. The first-order valence-corrected chi connectivity index (χ1v) is 9.67. The van der Waals surface area contributed by atoms with Crippen LogP contribution in [0.15, 0.2) is 70.2 Å². The molecule has 0 atom stereocenters. The van der Waals surface area contributed by atoms with E-state index in [4.69, 9.17) is 13.9 Å². The van der Waals surface area contributed by atoms with Gasteiger partial charge in [0.2, 0.25) is 5.91 Å². The van der Waals surface area contributed by atoms with Crippen LogP contribution in [-0.2, 0) is 4.79 Å². The number of anilines is 2. The van der Waals surface area contributed by atoms with E-state index in [0.29, 0.717) is 22.9 Å². The molecule has 0 aliphatic carbocycles. The highest BCUT2D eigenvalue weighted by atomic mass is 32.2. The molecule has 2 aromatic carbocycles. The topological polar surface area (TPSA) is 89.8 Å². The van der Waals surface area contributed by atoms with Crippen LogP contribution in [0.2, 0.25) is 0 Å². The highest BCUT2D eigenvalue weighted by Crippen LogP contribution is 2.29. The van der Waals surface area contributed by atoms with Gasteiger partial charge < -0.3 is 24.5 Å². The second-order valence-electron chi connectivity index (χ2n) is 5.86. The fourth-order valence-corrected chi connectivity index (χ4v) is 3.26. The van der Waals surface area contributed by atoms with Gasteiger partial charge in [-0.05, 0) is 42.5 Å². The molecule has 0 fully saturated rings. The highest BCUT2D eigenvalue weighted by molar-refractivity contribution is 8.00. The van der Waals surface area contributed by atoms with E-state index < -0.39 is 0 Å². The van der Waals surface area contributed by atoms with Crippen LogP contribution in [0.3, 0.4) is 0 Å². The van der Waals surface area contributed by atoms with Crippen molar-refractivity contribution < 1.29 is 23.5 Å². The van der Waals surface area contributed by atoms with E-state index in [1.165, 1.54) is 25.1 Å². The SMILES string of the molecule is COc1ccc(NC(=O)CSc2cccc(NC(=O)c3ccco3)c2)c(OC)c1. The summed E-state index contributed by atoms with van der Waals surface area (Å²) < 4.78 is 15.5. The summed E-state index contributed by atoms with van der Waals surface area (Å²) in [5.74, 6) is 1.08. The normalized spacial score (nSPS) is 10.3. The minimum Gasteiger partial charge on any atom is -0.497 e. The van der Waals surface area contributed by atoms with Crippen molar-refractivity contribution in [3.8, 4) is 11.5 Å². The molecule has 0 aliphatic rings. The third-order valence-electron chi connectivity index (χ3n) is 3.89. The average Bonchev–Trinajstić information content (AvgIpc) is 3.28. The molecule has 0 bridgehead atoms. The second-order valence-corrected chi connectivity index (χ2v) is 6.91. The van der Waals surface area contributed by atoms with Gasteiger partial charge in [0, 0.05) is 16.6 Å². The van der Waals surface area contributed by atoms with Crippen LogP contribution in [0.4, 0.5) is 11.4 Å². The van der Waals surface area contributed by atoms with E-state index in [1.54, 1.807) is 49.6 Å². The Labute approximate surface area is 172 Å². The number of furan rings is 1. The number of nitrogens with one attached hydrogen (secondary N) is 2. The fourth-order valence-electron chi connectivity index (χ4n) is 2.50. The molecule has 0 radical (unpaired) electrons. The van der Waals surface area contributed by atoms with Crippen LogP contribution in [0.1, 0.15) is 10.6 Å². The molecule has 2 N–H and O–H groups in total. The van der Waals surface area contributed by atoms with Crippen molar-refractivity contribution in [3.05, 3.63) is 66.6 Å². The summed E-state index contributed by atoms with van der Waals surface area (Å²) in [7, 11) is 3.09. The number of carbonyl (C=O) groups is 2. The number of hydrogen-bond acceptors (Lipinski definition) is 6. The van der Waals surface area contributed by atoms with E-state index in [0.717, 1.165) is 4.90 Å². The molecular weight excluding hydrogens is 392 g/mol. The van der Waals surface area contributed by atoms with Crippen LogP contribution in [0.5, 0.6) is 11.5 Å². The Morgan fingerprint density at radius 3 is 2.59 bits per heavy atom. The van der Waals surface area contributed by atoms with E-state index in [-0.39, 0.29) is 23.3 Å². The Morgan fingerprint density at radius 2 is 1.86 bits per heavy atom. The summed E-state index contributed by atoms with van der Waals surface area (Å²) in [6, 6.07) is 15.7. The van der Waals surface area contributed by atoms with Gasteiger partial charge in [-0.25, -0.2) is 0 Å². The molecule has 29 heavy (non-hydrogen) atoms. The zero-order valence-corrected chi connectivity index (χ0v) is 16.7. The highest BCUT2D eigenvalue weighted by Gasteiger charge is 2.11. The minimum absolute atomic E-state index is 0.177. The summed E-state index contributed by atoms with van der Waals surface area (Å²) in [5, 5.41) is 5.59. The van der Waals surface area contributed by atoms with Gasteiger partial charge in [0.15, 0.2) is 5.76 Å². The molecular formula is C21H20N2O5S. The molecule has 3 rings (SSSR count). The summed E-state index contributed by atoms with van der Waals surface area (Å²) in [6.45, 7) is 0. The lowest BCUT2D eigenvalue weighted by Gasteiger charge is -2.11. The van der Waals surface area contributed by atoms with Gasteiger partial charge in [-0.15, -0.1) is 11.8 Å². The van der Waals surface area contributed by atoms with Crippen molar-refractivity contribution in [1.82, 2.24) is 0 Å². The molecule has 0 saturated carbocycles. The predicted octanol–water partition coefficient (Wildman–Crippen LogP) is 4.28. The number of amides is 2. The summed E-state index contributed by atoms with van der Waals surface area (Å²) in [5.41, 5.74) is 1.19. The van der Waals surface area contributed by atoms with Crippen molar-refractivity contribution in [2.75, 3.05) is 30.6 Å². The van der Waals surface area contributed by atoms with Gasteiger partial charge in [-0.1, -0.05) is 6.07 Å². The van der Waals surface area contributed by atoms with Gasteiger partial charge in [0.1, 0.15) is 11.5 Å². The second kappa shape index (κ2) is 9.70. The minimum atomic E-state index is -0.332. The summed E-state index contributed by atoms with van der Waals surface area (Å²) in [6.07, 6.45) is 1.44. The van der Waals surface area contributed by atoms with Gasteiger partial charge in [-0.3, -0.25) is 9.59 Å². The van der Waals surface area contributed by atoms with Crippen molar-refractivity contribution in [1.29, 1.82) is 0 Å². The molecule has 8 heteroatoms. The molecule has 3 aromatic rings. The number of benzene rings is 2. The monoisotopic (exact) mass is 412 g/mol. The van der Waals surface area contributed by atoms with E-state index >= 15 is 0 Å². The molecule has 2 amide bonds. The molecule has 7 nitrogen and oxygen atoms in total. The smallest absolute Gasteiger partial charge is 0.291 e. The van der Waals surface area contributed by atoms with Crippen LogP contribution in [0, 0.1) is 0 Å². The zero-order valence-electron chi connectivity index (χ0n) is 15.9. The first-order valence-electron chi connectivity index (χ1n) is 8.68. The van der Waals surface area contributed by atoms with Gasteiger partial charge >= 0.3 is 0 Å². The first-order chi connectivity index (χ1) is 14.1. The van der Waals surface area contributed by atoms with Crippen LogP contribution < -0.4 is 20.1 Å². The third kappa shape index (κ3) is 5.55. The number of rotatable bonds is 8. The van der Waals surface area contributed by atoms with Crippen molar-refractivity contribution in [2.45, 2.75) is 4.90 Å². The molecule has 0 unspecified atom stereocenters. The predicted molar refractivity (Wildman–Crippen MR) is 112 cm³/mol. The molecule has 1 aromatic heterocycles. The Balaban J connectivity index is 1.57. The van der Waals surface area contributed by atoms with Gasteiger partial charge in [0.05, 0.1) is 31.9 Å². The van der Waals surface area contributed by atoms with Gasteiger partial charge in [-0.2, -0.15) is 0 Å². The average molecular weight is 412 g/mol. The lowest BCUT2D eigenvalue weighted by Crippen LogP contribution is -2.14. The number of ether oxygens (including phenoxy) is 2. The maximum absolute atomic E-state index is 12.3. The lowest BCUT2D eigenvalue weighted by atomic mass is 10.2. The maximum Gasteiger partial charge on any atom is 0.291 e. The van der Waals surface area contributed by atoms with Crippen LogP contribution in [-0.4, -0.2) is 31.8 Å². The Kier molecular flexibility index (Phi) is 6.80. The van der Waals surface area contributed by atoms with Crippen LogP contribution >= 0.6 is 11.8 Å². The number of carbonyl (C=O) groups excluding carboxylic acids is 2. The maximum atomic E-state index is 12.3. The lowest BCUT2D eigenvalue weighted by molar-refractivity contribution is -0.113. The molecule has 0 saturated heterocycles. The van der Waals surface area contributed by atoms with E-state index in [1.807, 2.05) is 12.1 Å². The molecule has 0 spiro atoms. The van der Waals surface area contributed by atoms with Crippen LogP contribution in [0.25, 0.3) is 0 Å². The van der Waals surface area contributed by atoms with Crippen molar-refractivity contribution >= 4 is 35.0 Å². The van der Waals surface area contributed by atoms with E-state index in [9.17, 15) is 9.59 Å². The quantitative estimate of drug-likeness (QED) is 0.537. The molecule has 1 heterocycles. The van der Waals surface area contributed by atoms with Gasteiger partial charge in [0.25, 0.3) is 5.91 Å². The summed E-state index contributed by atoms with van der Waals surface area (Å²) >= 11 is 1.36. The largest absolute Gasteiger partial charge is 0.497 e. The first kappa shape index (κ1) is 20.3. The molecule has 150 valence electrons. The van der Waals surface area contributed by atoms with E-state index in [2.05, 4.69) is 10.6 Å². The standard InChI is InChI=1S/C21H20N2O5S/c1-26-15-8-9-17(19(12-15)27-2)23-20(24)13-29-16-6-3-5-14(11-16)22-21(25)18-7-4-10-28-18/h3-12H,13H2,1-2H3,(H,22,25)(H,23,24). The van der Waals surface area contributed by atoms with Crippen molar-refractivity contribution in [3.63, 3.8) is 0 Å². The molecule has 0 aliphatic heterocycles. The Morgan fingerprint density at radius 1 is 1.00 bits per heavy atom. The number of thioether (sulfide) groups is 1. The zero-order chi connectivity index (χ0) is 20.6. The number of methoxy groups -OCH3 is 2.